The summed E-state index contributed by atoms with van der Waals surface area (Å²) >= 11 is 0. The standard InChI is InChI=1S/C20H25FN4O/c1-15-7-8-16(13-17(15)21)14-23-20(22-2)25-11-9-24(10-12-25)18-5-3-4-6-19(18)26/h3-8,13,26H,9-12,14H2,1-2H3,(H,22,23). The number of rotatable bonds is 3. The van der Waals surface area contributed by atoms with Crippen LogP contribution in [0.1, 0.15) is 11.1 Å². The van der Waals surface area contributed by atoms with Crippen molar-refractivity contribution in [3.05, 3.63) is 59.4 Å². The summed E-state index contributed by atoms with van der Waals surface area (Å²) in [7, 11) is 1.76. The van der Waals surface area contributed by atoms with Gasteiger partial charge in [-0.25, -0.2) is 4.39 Å². The number of phenolic OH excluding ortho intramolecular Hbond substituents is 1. The van der Waals surface area contributed by atoms with Gasteiger partial charge in [-0.3, -0.25) is 4.99 Å². The predicted molar refractivity (Wildman–Crippen MR) is 103 cm³/mol. The zero-order chi connectivity index (χ0) is 18.5. The number of para-hydroxylation sites is 2. The fourth-order valence-electron chi connectivity index (χ4n) is 3.15. The second-order valence-electron chi connectivity index (χ2n) is 6.45. The number of phenols is 1. The molecular weight excluding hydrogens is 331 g/mol. The lowest BCUT2D eigenvalue weighted by atomic mass is 10.1. The molecule has 0 radical (unpaired) electrons. The number of benzene rings is 2. The number of hydrogen-bond acceptors (Lipinski definition) is 3. The molecule has 0 amide bonds. The van der Waals surface area contributed by atoms with Gasteiger partial charge in [0.2, 0.25) is 0 Å². The number of guanidine groups is 1. The van der Waals surface area contributed by atoms with Gasteiger partial charge >= 0.3 is 0 Å². The van der Waals surface area contributed by atoms with Crippen molar-refractivity contribution < 1.29 is 9.50 Å². The van der Waals surface area contributed by atoms with E-state index in [1.807, 2.05) is 24.3 Å². The SMILES string of the molecule is CN=C(NCc1ccc(C)c(F)c1)N1CCN(c2ccccc2O)CC1. The largest absolute Gasteiger partial charge is 0.506 e. The van der Waals surface area contributed by atoms with Gasteiger partial charge in [-0.2, -0.15) is 0 Å². The topological polar surface area (TPSA) is 51.1 Å². The lowest BCUT2D eigenvalue weighted by Gasteiger charge is -2.37. The number of aliphatic imine (C=N–C) groups is 1. The number of hydrogen-bond donors (Lipinski definition) is 2. The fourth-order valence-corrected chi connectivity index (χ4v) is 3.15. The molecule has 6 heteroatoms. The Bertz CT molecular complexity index is 785. The quantitative estimate of drug-likeness (QED) is 0.656. The van der Waals surface area contributed by atoms with Gasteiger partial charge in [0.25, 0.3) is 0 Å². The van der Waals surface area contributed by atoms with Crippen LogP contribution in [0.4, 0.5) is 10.1 Å². The Labute approximate surface area is 153 Å². The molecular formula is C20H25FN4O. The maximum atomic E-state index is 13.7. The van der Waals surface area contributed by atoms with Crippen LogP contribution >= 0.6 is 0 Å². The first kappa shape index (κ1) is 18.0. The number of aromatic hydroxyl groups is 1. The van der Waals surface area contributed by atoms with E-state index in [0.29, 0.717) is 17.9 Å². The van der Waals surface area contributed by atoms with E-state index < -0.39 is 0 Å². The van der Waals surface area contributed by atoms with E-state index in [1.165, 1.54) is 0 Å². The van der Waals surface area contributed by atoms with Gasteiger partial charge in [0.1, 0.15) is 11.6 Å². The molecule has 0 unspecified atom stereocenters. The Hall–Kier alpha value is -2.76. The number of nitrogens with one attached hydrogen (secondary N) is 1. The molecule has 1 aliphatic rings. The molecule has 26 heavy (non-hydrogen) atoms. The Morgan fingerprint density at radius 1 is 1.15 bits per heavy atom. The highest BCUT2D eigenvalue weighted by Crippen LogP contribution is 2.27. The average Bonchev–Trinajstić information content (AvgIpc) is 2.66. The van der Waals surface area contributed by atoms with Crippen molar-refractivity contribution in [3.8, 4) is 5.75 Å². The van der Waals surface area contributed by atoms with Crippen LogP contribution in [0.25, 0.3) is 0 Å². The monoisotopic (exact) mass is 356 g/mol. The molecule has 0 saturated carbocycles. The van der Waals surface area contributed by atoms with Crippen LogP contribution in [0.2, 0.25) is 0 Å². The van der Waals surface area contributed by atoms with Crippen molar-refractivity contribution in [1.82, 2.24) is 10.2 Å². The van der Waals surface area contributed by atoms with Gasteiger partial charge in [-0.05, 0) is 36.2 Å². The first-order valence-corrected chi connectivity index (χ1v) is 8.82. The van der Waals surface area contributed by atoms with E-state index in [-0.39, 0.29) is 5.82 Å². The molecule has 2 aromatic rings. The van der Waals surface area contributed by atoms with Crippen molar-refractivity contribution in [2.45, 2.75) is 13.5 Å². The maximum Gasteiger partial charge on any atom is 0.194 e. The third-order valence-electron chi connectivity index (χ3n) is 4.70. The van der Waals surface area contributed by atoms with E-state index in [0.717, 1.165) is 43.4 Å². The van der Waals surface area contributed by atoms with Crippen LogP contribution in [0.5, 0.6) is 5.75 Å². The molecule has 2 N–H and O–H groups in total. The molecule has 0 aliphatic carbocycles. The Kier molecular flexibility index (Phi) is 5.61. The number of aryl methyl sites for hydroxylation is 1. The van der Waals surface area contributed by atoms with Crippen LogP contribution in [0.3, 0.4) is 0 Å². The van der Waals surface area contributed by atoms with Gasteiger partial charge in [-0.1, -0.05) is 24.3 Å². The Balaban J connectivity index is 1.57. The van der Waals surface area contributed by atoms with E-state index in [1.54, 1.807) is 32.2 Å². The second kappa shape index (κ2) is 8.08. The molecule has 2 aromatic carbocycles. The first-order valence-electron chi connectivity index (χ1n) is 8.82. The van der Waals surface area contributed by atoms with E-state index in [2.05, 4.69) is 20.1 Å². The molecule has 3 rings (SSSR count). The van der Waals surface area contributed by atoms with E-state index >= 15 is 0 Å². The number of anilines is 1. The van der Waals surface area contributed by atoms with Gasteiger partial charge in [-0.15, -0.1) is 0 Å². The maximum absolute atomic E-state index is 13.7. The highest BCUT2D eigenvalue weighted by molar-refractivity contribution is 5.80. The molecule has 0 bridgehead atoms. The molecule has 1 heterocycles. The van der Waals surface area contributed by atoms with Gasteiger partial charge in [0.15, 0.2) is 5.96 Å². The molecule has 0 atom stereocenters. The zero-order valence-electron chi connectivity index (χ0n) is 15.2. The molecule has 1 fully saturated rings. The second-order valence-corrected chi connectivity index (χ2v) is 6.45. The van der Waals surface area contributed by atoms with Crippen molar-refractivity contribution in [2.75, 3.05) is 38.1 Å². The zero-order valence-corrected chi connectivity index (χ0v) is 15.2. The third-order valence-corrected chi connectivity index (χ3v) is 4.70. The molecule has 0 aromatic heterocycles. The van der Waals surface area contributed by atoms with Crippen LogP contribution in [-0.2, 0) is 6.54 Å². The van der Waals surface area contributed by atoms with Gasteiger partial charge < -0.3 is 20.2 Å². The molecule has 5 nitrogen and oxygen atoms in total. The lowest BCUT2D eigenvalue weighted by molar-refractivity contribution is 0.369. The summed E-state index contributed by atoms with van der Waals surface area (Å²) in [6, 6.07) is 12.7. The highest BCUT2D eigenvalue weighted by atomic mass is 19.1. The summed E-state index contributed by atoms with van der Waals surface area (Å²) in [5, 5.41) is 13.3. The van der Waals surface area contributed by atoms with Gasteiger partial charge in [0, 0.05) is 39.8 Å². The molecule has 1 saturated heterocycles. The van der Waals surface area contributed by atoms with Crippen molar-refractivity contribution >= 4 is 11.6 Å². The van der Waals surface area contributed by atoms with Crippen LogP contribution in [0.15, 0.2) is 47.5 Å². The summed E-state index contributed by atoms with van der Waals surface area (Å²) in [6.45, 7) is 5.50. The van der Waals surface area contributed by atoms with Crippen LogP contribution < -0.4 is 10.2 Å². The van der Waals surface area contributed by atoms with Crippen LogP contribution in [0, 0.1) is 12.7 Å². The summed E-state index contributed by atoms with van der Waals surface area (Å²) < 4.78 is 13.7. The summed E-state index contributed by atoms with van der Waals surface area (Å²) in [5.41, 5.74) is 2.41. The van der Waals surface area contributed by atoms with Crippen molar-refractivity contribution in [3.63, 3.8) is 0 Å². The minimum absolute atomic E-state index is 0.185. The van der Waals surface area contributed by atoms with Gasteiger partial charge in [0.05, 0.1) is 5.69 Å². The number of piperazine rings is 1. The minimum atomic E-state index is -0.185. The molecule has 138 valence electrons. The summed E-state index contributed by atoms with van der Waals surface area (Å²) in [4.78, 5) is 8.71. The number of nitrogens with zero attached hydrogens (tertiary/aromatic N) is 3. The van der Waals surface area contributed by atoms with Crippen LogP contribution in [-0.4, -0.2) is 49.2 Å². The Morgan fingerprint density at radius 2 is 1.88 bits per heavy atom. The normalized spacial score (nSPS) is 15.3. The van der Waals surface area contributed by atoms with E-state index in [4.69, 9.17) is 0 Å². The third kappa shape index (κ3) is 4.07. The summed E-state index contributed by atoms with van der Waals surface area (Å²) in [6.07, 6.45) is 0. The molecule has 0 spiro atoms. The lowest BCUT2D eigenvalue weighted by Crippen LogP contribution is -2.52. The fraction of sp³-hybridized carbons (Fsp3) is 0.350. The summed E-state index contributed by atoms with van der Waals surface area (Å²) in [5.74, 6) is 0.934. The first-order chi connectivity index (χ1) is 12.6. The minimum Gasteiger partial charge on any atom is -0.506 e. The van der Waals surface area contributed by atoms with E-state index in [9.17, 15) is 9.50 Å². The number of halogens is 1. The van der Waals surface area contributed by atoms with Crippen molar-refractivity contribution in [1.29, 1.82) is 0 Å². The average molecular weight is 356 g/mol. The molecule has 1 aliphatic heterocycles. The van der Waals surface area contributed by atoms with Crippen molar-refractivity contribution in [2.24, 2.45) is 4.99 Å². The Morgan fingerprint density at radius 3 is 2.54 bits per heavy atom. The predicted octanol–water partition coefficient (Wildman–Crippen LogP) is 2.74. The smallest absolute Gasteiger partial charge is 0.194 e. The highest BCUT2D eigenvalue weighted by Gasteiger charge is 2.21.